The van der Waals surface area contributed by atoms with Crippen molar-refractivity contribution in [1.29, 1.82) is 0 Å². The molecular weight excluding hydrogens is 482 g/mol. The molecule has 190 valence electrons. The molecule has 0 spiro atoms. The number of aliphatic carboxylic acids is 1. The van der Waals surface area contributed by atoms with Crippen molar-refractivity contribution in [3.05, 3.63) is 108 Å². The van der Waals surface area contributed by atoms with Crippen molar-refractivity contribution in [1.82, 2.24) is 4.98 Å². The highest BCUT2D eigenvalue weighted by molar-refractivity contribution is 5.73. The highest BCUT2D eigenvalue weighted by Crippen LogP contribution is 2.30. The third-order valence-electron chi connectivity index (χ3n) is 5.32. The number of aromatic nitrogens is 1. The van der Waals surface area contributed by atoms with Crippen molar-refractivity contribution in [2.75, 3.05) is 6.61 Å². The number of nitrogens with two attached hydrogens (primary N) is 1. The Hall–Kier alpha value is -4.34. The van der Waals surface area contributed by atoms with E-state index in [0.29, 0.717) is 12.6 Å². The first kappa shape index (κ1) is 25.7. The normalized spacial score (nSPS) is 11.6. The van der Waals surface area contributed by atoms with Gasteiger partial charge < -0.3 is 25.1 Å². The van der Waals surface area contributed by atoms with E-state index in [4.69, 9.17) is 19.9 Å². The fourth-order valence-corrected chi connectivity index (χ4v) is 3.47. The van der Waals surface area contributed by atoms with Gasteiger partial charge in [-0.2, -0.15) is 4.98 Å². The van der Waals surface area contributed by atoms with E-state index in [0.717, 1.165) is 22.3 Å². The Balaban J connectivity index is 1.49. The van der Waals surface area contributed by atoms with Crippen LogP contribution in [0.3, 0.4) is 0 Å². The van der Waals surface area contributed by atoms with Crippen LogP contribution in [0.15, 0.2) is 84.9 Å². The van der Waals surface area contributed by atoms with Crippen molar-refractivity contribution >= 4 is 5.97 Å². The van der Waals surface area contributed by atoms with Crippen LogP contribution in [0.5, 0.6) is 17.5 Å². The summed E-state index contributed by atoms with van der Waals surface area (Å²) >= 11 is 0. The lowest BCUT2D eigenvalue weighted by molar-refractivity contribution is -0.148. The van der Waals surface area contributed by atoms with Crippen LogP contribution in [0.1, 0.15) is 11.1 Å². The Morgan fingerprint density at radius 1 is 0.865 bits per heavy atom. The minimum absolute atomic E-state index is 0.131. The molecule has 0 bridgehead atoms. The Morgan fingerprint density at radius 2 is 1.54 bits per heavy atom. The number of rotatable bonds is 11. The van der Waals surface area contributed by atoms with E-state index >= 15 is 0 Å². The maximum absolute atomic E-state index is 14.5. The molecule has 7 nitrogen and oxygen atoms in total. The van der Waals surface area contributed by atoms with Gasteiger partial charge in [-0.1, -0.05) is 60.7 Å². The number of pyridine rings is 1. The molecule has 1 heterocycles. The third kappa shape index (κ3) is 6.87. The molecule has 4 aromatic rings. The van der Waals surface area contributed by atoms with Crippen LogP contribution in [0.4, 0.5) is 8.78 Å². The lowest BCUT2D eigenvalue weighted by atomic mass is 10.0. The SMILES string of the molecule is NCc1cccc(-c2cccc(Oc3nc(O[C@H](COCc4ccccc4)C(=O)O)c(F)cc3F)c2)c1. The van der Waals surface area contributed by atoms with Crippen molar-refractivity contribution in [3.8, 4) is 28.6 Å². The number of hydrogen-bond donors (Lipinski definition) is 2. The zero-order valence-electron chi connectivity index (χ0n) is 19.6. The average molecular weight is 507 g/mol. The Bertz CT molecular complexity index is 1370. The summed E-state index contributed by atoms with van der Waals surface area (Å²) in [5.74, 6) is -4.70. The van der Waals surface area contributed by atoms with Crippen molar-refractivity contribution in [2.24, 2.45) is 5.73 Å². The van der Waals surface area contributed by atoms with Gasteiger partial charge in [0, 0.05) is 12.6 Å². The summed E-state index contributed by atoms with van der Waals surface area (Å²) in [5, 5.41) is 9.49. The summed E-state index contributed by atoms with van der Waals surface area (Å²) in [5.41, 5.74) is 9.15. The van der Waals surface area contributed by atoms with Crippen molar-refractivity contribution in [3.63, 3.8) is 0 Å². The number of carbonyl (C=O) groups is 1. The first-order valence-corrected chi connectivity index (χ1v) is 11.4. The lowest BCUT2D eigenvalue weighted by Gasteiger charge is -2.16. The van der Waals surface area contributed by atoms with E-state index in [1.807, 2.05) is 60.7 Å². The van der Waals surface area contributed by atoms with Gasteiger partial charge in [-0.3, -0.25) is 0 Å². The van der Waals surface area contributed by atoms with Crippen molar-refractivity contribution in [2.45, 2.75) is 19.3 Å². The molecule has 3 N–H and O–H groups in total. The number of nitrogens with zero attached hydrogens (tertiary/aromatic N) is 1. The van der Waals surface area contributed by atoms with Crippen LogP contribution < -0.4 is 15.2 Å². The van der Waals surface area contributed by atoms with Gasteiger partial charge in [0.1, 0.15) is 5.75 Å². The van der Waals surface area contributed by atoms with Gasteiger partial charge in [-0.25, -0.2) is 13.6 Å². The molecule has 4 rings (SSSR count). The van der Waals surface area contributed by atoms with Gasteiger partial charge >= 0.3 is 5.97 Å². The number of hydrogen-bond acceptors (Lipinski definition) is 6. The van der Waals surface area contributed by atoms with Gasteiger partial charge in [0.05, 0.1) is 13.2 Å². The largest absolute Gasteiger partial charge is 0.478 e. The topological polar surface area (TPSA) is 104 Å². The number of benzene rings is 3. The van der Waals surface area contributed by atoms with E-state index < -0.39 is 35.5 Å². The number of halogens is 2. The minimum atomic E-state index is -1.58. The molecule has 0 aliphatic rings. The molecule has 0 aliphatic heterocycles. The second-order valence-electron chi connectivity index (χ2n) is 8.04. The highest BCUT2D eigenvalue weighted by Gasteiger charge is 2.24. The predicted octanol–water partition coefficient (Wildman–Crippen LogP) is 5.33. The van der Waals surface area contributed by atoms with E-state index in [2.05, 4.69) is 4.98 Å². The monoisotopic (exact) mass is 506 g/mol. The first-order chi connectivity index (χ1) is 17.9. The molecule has 9 heteroatoms. The number of carboxylic acid groups (broad SMARTS) is 1. The molecule has 1 atom stereocenters. The fraction of sp³-hybridized carbons (Fsp3) is 0.143. The summed E-state index contributed by atoms with van der Waals surface area (Å²) in [4.78, 5) is 15.4. The predicted molar refractivity (Wildman–Crippen MR) is 132 cm³/mol. The smallest absolute Gasteiger partial charge is 0.347 e. The first-order valence-electron chi connectivity index (χ1n) is 11.4. The third-order valence-corrected chi connectivity index (χ3v) is 5.32. The molecule has 0 saturated heterocycles. The van der Waals surface area contributed by atoms with E-state index in [1.165, 1.54) is 0 Å². The molecule has 0 amide bonds. The lowest BCUT2D eigenvalue weighted by Crippen LogP contribution is -2.32. The Morgan fingerprint density at radius 3 is 2.27 bits per heavy atom. The molecule has 0 radical (unpaired) electrons. The standard InChI is InChI=1S/C28H24F2N2O5/c29-23-14-24(30)27(37-25(28(33)34)17-35-16-18-6-2-1-3-7-18)32-26(23)36-22-11-5-10-21(13-22)20-9-4-8-19(12-20)15-31/h1-14,25H,15-17,31H2,(H,33,34)/t25-/m1/s1. The minimum Gasteiger partial charge on any atom is -0.478 e. The fourth-order valence-electron chi connectivity index (χ4n) is 3.47. The highest BCUT2D eigenvalue weighted by atomic mass is 19.1. The Kier molecular flexibility index (Phi) is 8.40. The van der Waals surface area contributed by atoms with Gasteiger partial charge in [0.25, 0.3) is 11.8 Å². The van der Waals surface area contributed by atoms with Crippen LogP contribution in [-0.4, -0.2) is 28.8 Å². The molecule has 0 fully saturated rings. The maximum Gasteiger partial charge on any atom is 0.347 e. The zero-order chi connectivity index (χ0) is 26.2. The molecule has 3 aromatic carbocycles. The van der Waals surface area contributed by atoms with Crippen LogP contribution in [0.2, 0.25) is 0 Å². The molecule has 0 unspecified atom stereocenters. The number of carboxylic acids is 1. The average Bonchev–Trinajstić information content (AvgIpc) is 2.91. The van der Waals surface area contributed by atoms with Crippen LogP contribution in [0.25, 0.3) is 11.1 Å². The van der Waals surface area contributed by atoms with E-state index in [-0.39, 0.29) is 19.0 Å². The van der Waals surface area contributed by atoms with Crippen molar-refractivity contribution < 1.29 is 32.9 Å². The Labute approximate surface area is 212 Å². The summed E-state index contributed by atoms with van der Waals surface area (Å²) in [6.45, 7) is 0.126. The second kappa shape index (κ2) is 12.1. The second-order valence-corrected chi connectivity index (χ2v) is 8.04. The van der Waals surface area contributed by atoms with Crippen LogP contribution in [-0.2, 0) is 22.7 Å². The van der Waals surface area contributed by atoms with Gasteiger partial charge in [-0.05, 0) is 40.5 Å². The van der Waals surface area contributed by atoms with Gasteiger partial charge in [0.2, 0.25) is 6.10 Å². The van der Waals surface area contributed by atoms with Gasteiger partial charge in [0.15, 0.2) is 11.6 Å². The molecule has 1 aromatic heterocycles. The zero-order valence-corrected chi connectivity index (χ0v) is 19.6. The van der Waals surface area contributed by atoms with Crippen LogP contribution in [0, 0.1) is 11.6 Å². The quantitative estimate of drug-likeness (QED) is 0.284. The molecule has 0 aliphatic carbocycles. The van der Waals surface area contributed by atoms with Crippen LogP contribution >= 0.6 is 0 Å². The summed E-state index contributed by atoms with van der Waals surface area (Å²) in [6, 6.07) is 24.0. The summed E-state index contributed by atoms with van der Waals surface area (Å²) in [6.07, 6.45) is -1.58. The molecular formula is C28H24F2N2O5. The number of ether oxygens (including phenoxy) is 3. The molecule has 37 heavy (non-hydrogen) atoms. The summed E-state index contributed by atoms with van der Waals surface area (Å²) < 4.78 is 45.1. The van der Waals surface area contributed by atoms with E-state index in [1.54, 1.807) is 18.2 Å². The van der Waals surface area contributed by atoms with Gasteiger partial charge in [-0.15, -0.1) is 0 Å². The van der Waals surface area contributed by atoms with E-state index in [9.17, 15) is 18.7 Å². The summed E-state index contributed by atoms with van der Waals surface area (Å²) in [7, 11) is 0. The molecule has 0 saturated carbocycles. The maximum atomic E-state index is 14.5.